The molecule has 5 N–H and O–H groups in total. The van der Waals surface area contributed by atoms with Crippen molar-refractivity contribution in [2.45, 2.75) is 18.9 Å². The number of nitrogens with two attached hydrogens (primary N) is 2. The van der Waals surface area contributed by atoms with Crippen molar-refractivity contribution in [3.63, 3.8) is 0 Å². The van der Waals surface area contributed by atoms with Crippen LogP contribution in [0.5, 0.6) is 0 Å². The van der Waals surface area contributed by atoms with E-state index in [9.17, 15) is 9.59 Å². The Hall–Kier alpha value is -0.620. The fourth-order valence-corrected chi connectivity index (χ4v) is 0.421. The van der Waals surface area contributed by atoms with Crippen molar-refractivity contribution in [3.05, 3.63) is 0 Å². The molecule has 1 unspecified atom stereocenters. The molecule has 0 fully saturated rings. The molecular weight excluding hydrogens is 216 g/mol. The summed E-state index contributed by atoms with van der Waals surface area (Å²) in [5, 5.41) is 8.22. The second kappa shape index (κ2) is 6.11. The monoisotopic (exact) mass is 226 g/mol. The lowest BCUT2D eigenvalue weighted by molar-refractivity contribution is -0.138. The van der Waals surface area contributed by atoms with E-state index < -0.39 is 17.9 Å². The topological polar surface area (TPSA) is 106 Å². The summed E-state index contributed by atoms with van der Waals surface area (Å²) >= 11 is 0. The van der Waals surface area contributed by atoms with Gasteiger partial charge in [0, 0.05) is 6.42 Å². The molecule has 0 radical (unpaired) electrons. The van der Waals surface area contributed by atoms with E-state index in [-0.39, 0.29) is 29.8 Å². The summed E-state index contributed by atoms with van der Waals surface area (Å²) < 4.78 is 0. The number of amides is 1. The number of carbonyl (C=O) groups is 2. The highest BCUT2D eigenvalue weighted by Gasteiger charge is 2.11. The second-order valence-electron chi connectivity index (χ2n) is 1.95. The summed E-state index contributed by atoms with van der Waals surface area (Å²) in [5.74, 6) is -1.64. The van der Waals surface area contributed by atoms with Crippen LogP contribution in [-0.2, 0) is 9.59 Å². The maximum absolute atomic E-state index is 10.1. The number of hydrogen-bond donors (Lipinski definition) is 3. The van der Waals surface area contributed by atoms with Crippen molar-refractivity contribution < 1.29 is 14.7 Å². The molecule has 0 aliphatic rings. The first kappa shape index (κ1) is 13.0. The molecule has 6 heteroatoms. The Morgan fingerprint density at radius 2 is 1.91 bits per heavy atom. The van der Waals surface area contributed by atoms with Crippen molar-refractivity contribution >= 4 is 28.9 Å². The molecule has 0 aliphatic carbocycles. The number of halogens is 1. The van der Waals surface area contributed by atoms with E-state index in [1.165, 1.54) is 0 Å². The molecule has 1 amide bonds. The number of hydrogen-bond acceptors (Lipinski definition) is 3. The van der Waals surface area contributed by atoms with Crippen molar-refractivity contribution in [2.75, 3.05) is 0 Å². The summed E-state index contributed by atoms with van der Waals surface area (Å²) in [6.07, 6.45) is 0.123. The van der Waals surface area contributed by atoms with Gasteiger partial charge in [-0.2, -0.15) is 0 Å². The van der Waals surface area contributed by atoms with Crippen molar-refractivity contribution in [2.24, 2.45) is 11.5 Å². The molecule has 0 saturated carbocycles. The third kappa shape index (κ3) is 7.27. The first-order chi connectivity index (χ1) is 4.54. The van der Waals surface area contributed by atoms with Crippen LogP contribution >= 0.6 is 17.0 Å². The van der Waals surface area contributed by atoms with E-state index in [4.69, 9.17) is 16.6 Å². The van der Waals surface area contributed by atoms with Crippen LogP contribution in [-0.4, -0.2) is 23.0 Å². The van der Waals surface area contributed by atoms with Gasteiger partial charge < -0.3 is 16.6 Å². The van der Waals surface area contributed by atoms with Crippen LogP contribution in [0.3, 0.4) is 0 Å². The van der Waals surface area contributed by atoms with Gasteiger partial charge in [0.05, 0.1) is 0 Å². The van der Waals surface area contributed by atoms with E-state index in [1.54, 1.807) is 0 Å². The van der Waals surface area contributed by atoms with Crippen LogP contribution in [0.4, 0.5) is 0 Å². The minimum Gasteiger partial charge on any atom is -0.480 e. The third-order valence-electron chi connectivity index (χ3n) is 1.02. The summed E-state index contributed by atoms with van der Waals surface area (Å²) in [6, 6.07) is -0.979. The molecule has 0 aliphatic heterocycles. The summed E-state index contributed by atoms with van der Waals surface area (Å²) in [5.41, 5.74) is 9.81. The average Bonchev–Trinajstić information content (AvgIpc) is 1.82. The zero-order valence-electron chi connectivity index (χ0n) is 5.82. The van der Waals surface area contributed by atoms with Gasteiger partial charge in [0.1, 0.15) is 6.04 Å². The zero-order valence-corrected chi connectivity index (χ0v) is 7.53. The van der Waals surface area contributed by atoms with Gasteiger partial charge in [0.25, 0.3) is 0 Å². The lowest BCUT2D eigenvalue weighted by Gasteiger charge is -2.01. The SMILES string of the molecule is Br.NC(=O)CCC(N)C(=O)O. The Labute approximate surface area is 74.5 Å². The van der Waals surface area contributed by atoms with E-state index in [0.717, 1.165) is 0 Å². The van der Waals surface area contributed by atoms with E-state index in [1.807, 2.05) is 0 Å². The largest absolute Gasteiger partial charge is 0.480 e. The highest BCUT2D eigenvalue weighted by molar-refractivity contribution is 8.93. The summed E-state index contributed by atoms with van der Waals surface area (Å²) in [6.45, 7) is 0. The van der Waals surface area contributed by atoms with Gasteiger partial charge in [-0.05, 0) is 6.42 Å². The number of carboxylic acid groups (broad SMARTS) is 1. The standard InChI is InChI=1S/C5H10N2O3.BrH/c6-3(5(9)10)1-2-4(7)8;/h3H,1-2,6H2,(H2,7,8)(H,9,10);1H. The molecule has 5 nitrogen and oxygen atoms in total. The quantitative estimate of drug-likeness (QED) is 0.586. The van der Waals surface area contributed by atoms with Crippen LogP contribution in [0.1, 0.15) is 12.8 Å². The van der Waals surface area contributed by atoms with Crippen LogP contribution in [0, 0.1) is 0 Å². The molecule has 0 saturated heterocycles. The molecule has 0 aromatic heterocycles. The third-order valence-corrected chi connectivity index (χ3v) is 1.02. The number of aliphatic carboxylic acids is 1. The molecule has 1 atom stereocenters. The summed E-state index contributed by atoms with van der Waals surface area (Å²) in [7, 11) is 0. The average molecular weight is 227 g/mol. The van der Waals surface area contributed by atoms with E-state index >= 15 is 0 Å². The normalized spacial score (nSPS) is 11.4. The van der Waals surface area contributed by atoms with Gasteiger partial charge in [0.15, 0.2) is 0 Å². The minimum absolute atomic E-state index is 0. The molecule has 0 spiro atoms. The van der Waals surface area contributed by atoms with Crippen LogP contribution in [0.15, 0.2) is 0 Å². The zero-order chi connectivity index (χ0) is 8.15. The number of carboxylic acids is 1. The van der Waals surface area contributed by atoms with Gasteiger partial charge in [-0.1, -0.05) is 0 Å². The number of primary amides is 1. The molecule has 66 valence electrons. The number of carbonyl (C=O) groups excluding carboxylic acids is 1. The minimum atomic E-state index is -1.11. The first-order valence-corrected chi connectivity index (χ1v) is 2.80. The van der Waals surface area contributed by atoms with Crippen LogP contribution in [0.2, 0.25) is 0 Å². The fraction of sp³-hybridized carbons (Fsp3) is 0.600. The van der Waals surface area contributed by atoms with Gasteiger partial charge in [-0.15, -0.1) is 17.0 Å². The fourth-order valence-electron chi connectivity index (χ4n) is 0.421. The molecule has 0 heterocycles. The predicted octanol–water partition coefficient (Wildman–Crippen LogP) is -0.758. The Bertz CT molecular complexity index is 151. The van der Waals surface area contributed by atoms with Crippen LogP contribution in [0.25, 0.3) is 0 Å². The molecule has 11 heavy (non-hydrogen) atoms. The van der Waals surface area contributed by atoms with E-state index in [2.05, 4.69) is 0 Å². The summed E-state index contributed by atoms with van der Waals surface area (Å²) in [4.78, 5) is 20.1. The Morgan fingerprint density at radius 3 is 2.18 bits per heavy atom. The molecule has 0 aromatic carbocycles. The molecule has 0 aromatic rings. The van der Waals surface area contributed by atoms with Gasteiger partial charge >= 0.3 is 5.97 Å². The van der Waals surface area contributed by atoms with Crippen LogP contribution < -0.4 is 11.5 Å². The highest BCUT2D eigenvalue weighted by atomic mass is 79.9. The Kier molecular flexibility index (Phi) is 7.23. The molecule has 0 bridgehead atoms. The Balaban J connectivity index is 0. The maximum Gasteiger partial charge on any atom is 0.320 e. The molecular formula is C5H11BrN2O3. The predicted molar refractivity (Wildman–Crippen MR) is 44.4 cm³/mol. The van der Waals surface area contributed by atoms with Gasteiger partial charge in [-0.25, -0.2) is 0 Å². The highest BCUT2D eigenvalue weighted by Crippen LogP contribution is 1.92. The first-order valence-electron chi connectivity index (χ1n) is 2.80. The smallest absolute Gasteiger partial charge is 0.320 e. The molecule has 0 rings (SSSR count). The van der Waals surface area contributed by atoms with Gasteiger partial charge in [0.2, 0.25) is 5.91 Å². The second-order valence-corrected chi connectivity index (χ2v) is 1.95. The lowest BCUT2D eigenvalue weighted by Crippen LogP contribution is -2.31. The van der Waals surface area contributed by atoms with Gasteiger partial charge in [-0.3, -0.25) is 9.59 Å². The van der Waals surface area contributed by atoms with Crippen molar-refractivity contribution in [1.82, 2.24) is 0 Å². The lowest BCUT2D eigenvalue weighted by atomic mass is 10.2. The Morgan fingerprint density at radius 1 is 1.45 bits per heavy atom. The number of rotatable bonds is 4. The van der Waals surface area contributed by atoms with Crippen molar-refractivity contribution in [3.8, 4) is 0 Å². The maximum atomic E-state index is 10.1. The van der Waals surface area contributed by atoms with E-state index in [0.29, 0.717) is 0 Å². The van der Waals surface area contributed by atoms with Crippen molar-refractivity contribution in [1.29, 1.82) is 0 Å².